The Morgan fingerprint density at radius 1 is 1.24 bits per heavy atom. The number of methoxy groups -OCH3 is 1. The van der Waals surface area contributed by atoms with Crippen molar-refractivity contribution in [2.75, 3.05) is 12.4 Å². The zero-order valence-corrected chi connectivity index (χ0v) is 19.2. The number of carbonyl (C=O) groups is 1. The maximum atomic E-state index is 13.4. The molecule has 0 spiro atoms. The van der Waals surface area contributed by atoms with Crippen LogP contribution in [-0.4, -0.2) is 39.8 Å². The molecule has 3 heterocycles. The number of anilines is 2. The van der Waals surface area contributed by atoms with Crippen LogP contribution in [0.5, 0.6) is 5.75 Å². The summed E-state index contributed by atoms with van der Waals surface area (Å²) in [5.74, 6) is 0.805. The number of halogens is 2. The van der Waals surface area contributed by atoms with Crippen LogP contribution in [0.3, 0.4) is 0 Å². The molecule has 1 saturated carbocycles. The van der Waals surface area contributed by atoms with Crippen LogP contribution >= 0.6 is 0 Å². The second kappa shape index (κ2) is 8.62. The summed E-state index contributed by atoms with van der Waals surface area (Å²) in [6, 6.07) is 9.36. The van der Waals surface area contributed by atoms with E-state index >= 15 is 0 Å². The van der Waals surface area contributed by atoms with Crippen molar-refractivity contribution in [1.82, 2.24) is 14.8 Å². The zero-order chi connectivity index (χ0) is 24.0. The summed E-state index contributed by atoms with van der Waals surface area (Å²) in [6.45, 7) is 1.98. The lowest BCUT2D eigenvalue weighted by atomic mass is 10.1. The highest BCUT2D eigenvalue weighted by molar-refractivity contribution is 5.99. The molecule has 1 aromatic carbocycles. The fourth-order valence-corrected chi connectivity index (χ4v) is 4.09. The fourth-order valence-electron chi connectivity index (χ4n) is 4.09. The van der Waals surface area contributed by atoms with Crippen LogP contribution in [0.15, 0.2) is 35.3 Å². The van der Waals surface area contributed by atoms with E-state index in [-0.39, 0.29) is 30.3 Å². The number of aryl methyl sites for hydroxylation is 2. The number of carbonyl (C=O) groups excluding carboxylic acids is 1. The molecule has 34 heavy (non-hydrogen) atoms. The van der Waals surface area contributed by atoms with E-state index in [2.05, 4.69) is 20.4 Å². The number of pyridine rings is 1. The third-order valence-corrected chi connectivity index (χ3v) is 6.24. The second-order valence-corrected chi connectivity index (χ2v) is 8.79. The van der Waals surface area contributed by atoms with E-state index in [0.29, 0.717) is 34.2 Å². The number of rotatable bonds is 8. The first kappa shape index (κ1) is 22.2. The van der Waals surface area contributed by atoms with Gasteiger partial charge in [-0.2, -0.15) is 5.10 Å². The van der Waals surface area contributed by atoms with Crippen molar-refractivity contribution in [3.05, 3.63) is 47.4 Å². The van der Waals surface area contributed by atoms with E-state index in [1.165, 1.54) is 0 Å². The molecule has 1 N–H and O–H groups in total. The van der Waals surface area contributed by atoms with Gasteiger partial charge in [0, 0.05) is 37.1 Å². The normalized spacial score (nSPS) is 14.8. The Morgan fingerprint density at radius 3 is 2.68 bits per heavy atom. The minimum absolute atomic E-state index is 0.0256. The van der Waals surface area contributed by atoms with E-state index < -0.39 is 6.43 Å². The van der Waals surface area contributed by atoms with E-state index in [9.17, 15) is 13.6 Å². The molecule has 2 aliphatic rings. The molecule has 0 atom stereocenters. The molecule has 0 amide bonds. The minimum atomic E-state index is -2.66. The quantitative estimate of drug-likeness (QED) is 0.509. The lowest BCUT2D eigenvalue weighted by molar-refractivity contribution is -0.119. The SMILES string of the molecule is COc1cc(-c2cc(C)n(C)n2)ccc1Nc1cc(CC(=O)C2CC2)nc2c1N=C(C(F)F)C2. The molecule has 1 aliphatic heterocycles. The van der Waals surface area contributed by atoms with Gasteiger partial charge in [-0.1, -0.05) is 6.07 Å². The van der Waals surface area contributed by atoms with Crippen molar-refractivity contribution in [3.63, 3.8) is 0 Å². The molecule has 7 nitrogen and oxygen atoms in total. The van der Waals surface area contributed by atoms with Crippen LogP contribution in [0.4, 0.5) is 25.8 Å². The molecule has 176 valence electrons. The largest absolute Gasteiger partial charge is 0.495 e. The van der Waals surface area contributed by atoms with Gasteiger partial charge in [0.05, 0.1) is 41.3 Å². The Labute approximate surface area is 195 Å². The molecule has 0 radical (unpaired) electrons. The monoisotopic (exact) mass is 465 g/mol. The van der Waals surface area contributed by atoms with Crippen LogP contribution in [0.1, 0.15) is 29.9 Å². The van der Waals surface area contributed by atoms with Crippen LogP contribution in [-0.2, 0) is 24.7 Å². The van der Waals surface area contributed by atoms with Crippen LogP contribution in [0.2, 0.25) is 0 Å². The summed E-state index contributed by atoms with van der Waals surface area (Å²) in [5, 5.41) is 7.79. The van der Waals surface area contributed by atoms with Crippen molar-refractivity contribution in [2.24, 2.45) is 18.0 Å². The van der Waals surface area contributed by atoms with Crippen LogP contribution in [0.25, 0.3) is 11.3 Å². The maximum Gasteiger partial charge on any atom is 0.277 e. The third kappa shape index (κ3) is 4.30. The van der Waals surface area contributed by atoms with E-state index in [1.54, 1.807) is 17.9 Å². The van der Waals surface area contributed by atoms with Gasteiger partial charge in [-0.3, -0.25) is 14.5 Å². The number of aromatic nitrogens is 3. The number of aliphatic imine (C=N–C) groups is 1. The smallest absolute Gasteiger partial charge is 0.277 e. The average Bonchev–Trinajstić information content (AvgIpc) is 3.49. The lowest BCUT2D eigenvalue weighted by Crippen LogP contribution is -2.11. The maximum absolute atomic E-state index is 13.4. The molecular weight excluding hydrogens is 440 g/mol. The molecule has 5 rings (SSSR count). The zero-order valence-electron chi connectivity index (χ0n) is 19.2. The molecule has 0 saturated heterocycles. The average molecular weight is 466 g/mol. The van der Waals surface area contributed by atoms with E-state index in [0.717, 1.165) is 29.8 Å². The highest BCUT2D eigenvalue weighted by Crippen LogP contribution is 2.40. The van der Waals surface area contributed by atoms with E-state index in [4.69, 9.17) is 4.74 Å². The van der Waals surface area contributed by atoms with Crippen molar-refractivity contribution < 1.29 is 18.3 Å². The molecule has 1 fully saturated rings. The van der Waals surface area contributed by atoms with Gasteiger partial charge < -0.3 is 10.1 Å². The summed E-state index contributed by atoms with van der Waals surface area (Å²) >= 11 is 0. The molecule has 2 aromatic heterocycles. The number of hydrogen-bond donors (Lipinski definition) is 1. The van der Waals surface area contributed by atoms with E-state index in [1.807, 2.05) is 38.2 Å². The number of nitrogens with one attached hydrogen (secondary N) is 1. The number of fused-ring (bicyclic) bond motifs is 1. The Morgan fingerprint density at radius 2 is 2.03 bits per heavy atom. The number of nitrogens with zero attached hydrogens (tertiary/aromatic N) is 4. The van der Waals surface area contributed by atoms with Crippen LogP contribution < -0.4 is 10.1 Å². The number of alkyl halides is 2. The molecule has 0 bridgehead atoms. The number of Topliss-reactive ketones (excluding diaryl/α,β-unsaturated/α-hetero) is 1. The summed E-state index contributed by atoms with van der Waals surface area (Å²) in [5.41, 5.74) is 5.09. The lowest BCUT2D eigenvalue weighted by Gasteiger charge is -2.15. The number of ether oxygens (including phenoxy) is 1. The Balaban J connectivity index is 1.50. The van der Waals surface area contributed by atoms with Gasteiger partial charge in [-0.25, -0.2) is 13.8 Å². The first-order valence-electron chi connectivity index (χ1n) is 11.2. The van der Waals surface area contributed by atoms with Crippen molar-refractivity contribution in [3.8, 4) is 17.0 Å². The summed E-state index contributed by atoms with van der Waals surface area (Å²) in [6.07, 6.45) is -0.678. The Hall–Kier alpha value is -3.62. The van der Waals surface area contributed by atoms with Crippen molar-refractivity contribution in [2.45, 2.75) is 39.0 Å². The minimum Gasteiger partial charge on any atom is -0.495 e. The van der Waals surface area contributed by atoms with Crippen LogP contribution in [0, 0.1) is 12.8 Å². The van der Waals surface area contributed by atoms with Gasteiger partial charge in [0.2, 0.25) is 0 Å². The first-order valence-corrected chi connectivity index (χ1v) is 11.2. The number of ketones is 1. The van der Waals surface area contributed by atoms with Gasteiger partial charge in [-0.15, -0.1) is 0 Å². The van der Waals surface area contributed by atoms with Crippen molar-refractivity contribution in [1.29, 1.82) is 0 Å². The van der Waals surface area contributed by atoms with Gasteiger partial charge in [0.25, 0.3) is 6.43 Å². The highest BCUT2D eigenvalue weighted by Gasteiger charge is 2.31. The topological polar surface area (TPSA) is 81.4 Å². The molecular formula is C25H25F2N5O2. The highest BCUT2D eigenvalue weighted by atomic mass is 19.3. The summed E-state index contributed by atoms with van der Waals surface area (Å²) in [7, 11) is 3.45. The Kier molecular flexibility index (Phi) is 5.63. The summed E-state index contributed by atoms with van der Waals surface area (Å²) < 4.78 is 34.2. The third-order valence-electron chi connectivity index (χ3n) is 6.24. The summed E-state index contributed by atoms with van der Waals surface area (Å²) in [4.78, 5) is 21.0. The predicted octanol–water partition coefficient (Wildman–Crippen LogP) is 4.96. The molecule has 9 heteroatoms. The van der Waals surface area contributed by atoms with Crippen molar-refractivity contribution >= 4 is 28.6 Å². The van der Waals surface area contributed by atoms with Gasteiger partial charge in [0.1, 0.15) is 17.2 Å². The molecule has 1 aliphatic carbocycles. The first-order chi connectivity index (χ1) is 16.3. The Bertz CT molecular complexity index is 1290. The van der Waals surface area contributed by atoms with Gasteiger partial charge in [0.15, 0.2) is 0 Å². The fraction of sp³-hybridized carbons (Fsp3) is 0.360. The predicted molar refractivity (Wildman–Crippen MR) is 126 cm³/mol. The second-order valence-electron chi connectivity index (χ2n) is 8.79. The number of benzene rings is 1. The molecule has 0 unspecified atom stereocenters. The van der Waals surface area contributed by atoms with Gasteiger partial charge in [-0.05, 0) is 44.0 Å². The molecule has 3 aromatic rings. The number of hydrogen-bond acceptors (Lipinski definition) is 6. The standard InChI is InChI=1S/C25H25F2N5O2/c1-13-8-18(31-32(13)2)15-6-7-17(23(9-15)34-3)29-19-10-16(11-22(33)14-4-5-14)28-20-12-21(25(26)27)30-24(19)20/h6-10,14,25H,4-5,11-12H2,1-3H3,(H,28,29). The van der Waals surface area contributed by atoms with Gasteiger partial charge >= 0.3 is 0 Å².